The first-order valence-corrected chi connectivity index (χ1v) is 5.51. The molecule has 2 aromatic heterocycles. The Bertz CT molecular complexity index is 595. The van der Waals surface area contributed by atoms with Crippen LogP contribution >= 0.6 is 0 Å². The topological polar surface area (TPSA) is 25.8 Å². The largest absolute Gasteiger partial charge is 0.237 e. The van der Waals surface area contributed by atoms with Gasteiger partial charge in [0.25, 0.3) is 0 Å². The predicted molar refractivity (Wildman–Crippen MR) is 72.5 cm³/mol. The van der Waals surface area contributed by atoms with E-state index in [2.05, 4.69) is 22.6 Å². The SMILES string of the molecule is C=C/C=C(\C=C/C)c1cnc2ncccc2c1. The Morgan fingerprint density at radius 1 is 1.35 bits per heavy atom. The van der Waals surface area contributed by atoms with Crippen LogP contribution in [0.1, 0.15) is 12.5 Å². The third-order valence-corrected chi connectivity index (χ3v) is 2.43. The van der Waals surface area contributed by atoms with Gasteiger partial charge >= 0.3 is 0 Å². The number of hydrogen-bond acceptors (Lipinski definition) is 2. The maximum Gasteiger partial charge on any atom is 0.159 e. The molecule has 0 spiro atoms. The molecule has 0 aliphatic heterocycles. The molecule has 0 N–H and O–H groups in total. The number of hydrogen-bond donors (Lipinski definition) is 0. The third kappa shape index (κ3) is 2.48. The van der Waals surface area contributed by atoms with Gasteiger partial charge in [0.15, 0.2) is 5.65 Å². The molecule has 0 saturated heterocycles. The fourth-order valence-electron chi connectivity index (χ4n) is 1.68. The molecule has 2 heterocycles. The minimum absolute atomic E-state index is 0.773. The minimum atomic E-state index is 0.773. The lowest BCUT2D eigenvalue weighted by Gasteiger charge is -2.03. The Kier molecular flexibility index (Phi) is 3.46. The van der Waals surface area contributed by atoms with Crippen LogP contribution in [-0.2, 0) is 0 Å². The van der Waals surface area contributed by atoms with Gasteiger partial charge in [-0.05, 0) is 30.7 Å². The maximum absolute atomic E-state index is 4.35. The van der Waals surface area contributed by atoms with Crippen LogP contribution in [0.5, 0.6) is 0 Å². The van der Waals surface area contributed by atoms with Crippen LogP contribution < -0.4 is 0 Å². The highest BCUT2D eigenvalue weighted by Crippen LogP contribution is 2.19. The Hall–Kier alpha value is -2.22. The number of pyridine rings is 2. The summed E-state index contributed by atoms with van der Waals surface area (Å²) in [6.45, 7) is 5.72. The van der Waals surface area contributed by atoms with Crippen LogP contribution in [0.3, 0.4) is 0 Å². The lowest BCUT2D eigenvalue weighted by atomic mass is 10.1. The molecule has 0 amide bonds. The monoisotopic (exact) mass is 222 g/mol. The number of aromatic nitrogens is 2. The van der Waals surface area contributed by atoms with E-state index in [1.807, 2.05) is 43.5 Å². The minimum Gasteiger partial charge on any atom is -0.237 e. The molecule has 0 atom stereocenters. The van der Waals surface area contributed by atoms with Crippen molar-refractivity contribution in [3.05, 3.63) is 67.0 Å². The first kappa shape index (κ1) is 11.3. The molecule has 2 rings (SSSR count). The highest BCUT2D eigenvalue weighted by atomic mass is 14.8. The molecular weight excluding hydrogens is 208 g/mol. The van der Waals surface area contributed by atoms with Crippen LogP contribution in [0.15, 0.2) is 61.5 Å². The maximum atomic E-state index is 4.35. The molecule has 0 unspecified atom stereocenters. The van der Waals surface area contributed by atoms with E-state index in [1.165, 1.54) is 0 Å². The number of nitrogens with zero attached hydrogens (tertiary/aromatic N) is 2. The second-order valence-electron chi connectivity index (χ2n) is 3.63. The summed E-state index contributed by atoms with van der Waals surface area (Å²) in [6, 6.07) is 6.02. The van der Waals surface area contributed by atoms with Crippen molar-refractivity contribution in [2.24, 2.45) is 0 Å². The molecule has 84 valence electrons. The summed E-state index contributed by atoms with van der Waals surface area (Å²) in [5, 5.41) is 1.05. The van der Waals surface area contributed by atoms with Gasteiger partial charge in [0.05, 0.1) is 0 Å². The van der Waals surface area contributed by atoms with Gasteiger partial charge in [-0.1, -0.05) is 30.9 Å². The van der Waals surface area contributed by atoms with Crippen molar-refractivity contribution < 1.29 is 0 Å². The smallest absolute Gasteiger partial charge is 0.159 e. The van der Waals surface area contributed by atoms with Crippen LogP contribution in [0.2, 0.25) is 0 Å². The van der Waals surface area contributed by atoms with Gasteiger partial charge in [0, 0.05) is 23.3 Å². The fraction of sp³-hybridized carbons (Fsp3) is 0.0667. The number of allylic oxidation sites excluding steroid dienone is 5. The van der Waals surface area contributed by atoms with Crippen LogP contribution in [0.25, 0.3) is 16.6 Å². The molecule has 0 aromatic carbocycles. The molecular formula is C15H14N2. The molecule has 2 nitrogen and oxygen atoms in total. The van der Waals surface area contributed by atoms with E-state index in [1.54, 1.807) is 12.3 Å². The molecule has 0 fully saturated rings. The average molecular weight is 222 g/mol. The van der Waals surface area contributed by atoms with Gasteiger partial charge in [0.1, 0.15) is 0 Å². The fourth-order valence-corrected chi connectivity index (χ4v) is 1.68. The number of fused-ring (bicyclic) bond motifs is 1. The highest BCUT2D eigenvalue weighted by molar-refractivity contribution is 5.82. The van der Waals surface area contributed by atoms with Gasteiger partial charge in [-0.2, -0.15) is 0 Å². The van der Waals surface area contributed by atoms with Crippen LogP contribution in [0.4, 0.5) is 0 Å². The second kappa shape index (κ2) is 5.21. The number of rotatable bonds is 3. The molecule has 0 radical (unpaired) electrons. The molecule has 0 aliphatic carbocycles. The molecule has 0 saturated carbocycles. The van der Waals surface area contributed by atoms with Crippen molar-refractivity contribution in [1.82, 2.24) is 9.97 Å². The van der Waals surface area contributed by atoms with Crippen molar-refractivity contribution in [1.29, 1.82) is 0 Å². The van der Waals surface area contributed by atoms with Gasteiger partial charge in [-0.3, -0.25) is 0 Å². The predicted octanol–water partition coefficient (Wildman–Crippen LogP) is 3.78. The normalized spacial score (nSPS) is 12.2. The molecule has 2 heteroatoms. The van der Waals surface area contributed by atoms with E-state index < -0.39 is 0 Å². The first-order valence-electron chi connectivity index (χ1n) is 5.51. The Labute approximate surface area is 101 Å². The van der Waals surface area contributed by atoms with E-state index in [-0.39, 0.29) is 0 Å². The zero-order valence-corrected chi connectivity index (χ0v) is 9.80. The van der Waals surface area contributed by atoms with Crippen LogP contribution in [0, 0.1) is 0 Å². The first-order chi connectivity index (χ1) is 8.35. The third-order valence-electron chi connectivity index (χ3n) is 2.43. The molecule has 17 heavy (non-hydrogen) atoms. The van der Waals surface area contributed by atoms with Gasteiger partial charge in [-0.15, -0.1) is 0 Å². The standard InChI is InChI=1S/C15H14N2/c1-3-6-12(7-4-2)14-10-13-8-5-9-16-15(13)17-11-14/h3-11H,1H2,2H3/b7-4-,12-6+. The van der Waals surface area contributed by atoms with Crippen molar-refractivity contribution in [3.8, 4) is 0 Å². The van der Waals surface area contributed by atoms with Gasteiger partial charge in [0.2, 0.25) is 0 Å². The summed E-state index contributed by atoms with van der Waals surface area (Å²) in [7, 11) is 0. The highest BCUT2D eigenvalue weighted by Gasteiger charge is 2.00. The van der Waals surface area contributed by atoms with E-state index in [0.717, 1.165) is 22.2 Å². The Balaban J connectivity index is 2.54. The Morgan fingerprint density at radius 3 is 3.00 bits per heavy atom. The molecule has 0 bridgehead atoms. The van der Waals surface area contributed by atoms with E-state index in [0.29, 0.717) is 0 Å². The summed E-state index contributed by atoms with van der Waals surface area (Å²) in [5.41, 5.74) is 2.94. The van der Waals surface area contributed by atoms with Crippen LogP contribution in [-0.4, -0.2) is 9.97 Å². The lowest BCUT2D eigenvalue weighted by molar-refractivity contribution is 1.28. The summed E-state index contributed by atoms with van der Waals surface area (Å²) >= 11 is 0. The zero-order chi connectivity index (χ0) is 12.1. The summed E-state index contributed by atoms with van der Waals surface area (Å²) in [5.74, 6) is 0. The molecule has 0 aliphatic rings. The van der Waals surface area contributed by atoms with Gasteiger partial charge in [-0.25, -0.2) is 9.97 Å². The van der Waals surface area contributed by atoms with Crippen molar-refractivity contribution in [2.45, 2.75) is 6.92 Å². The summed E-state index contributed by atoms with van der Waals surface area (Å²) in [6.07, 6.45) is 11.4. The van der Waals surface area contributed by atoms with Gasteiger partial charge < -0.3 is 0 Å². The van der Waals surface area contributed by atoms with Crippen molar-refractivity contribution >= 4 is 16.6 Å². The summed E-state index contributed by atoms with van der Waals surface area (Å²) < 4.78 is 0. The van der Waals surface area contributed by atoms with Crippen molar-refractivity contribution in [3.63, 3.8) is 0 Å². The zero-order valence-electron chi connectivity index (χ0n) is 9.80. The molecule has 2 aromatic rings. The quantitative estimate of drug-likeness (QED) is 0.739. The lowest BCUT2D eigenvalue weighted by Crippen LogP contribution is -1.87. The average Bonchev–Trinajstić information content (AvgIpc) is 2.38. The summed E-state index contributed by atoms with van der Waals surface area (Å²) in [4.78, 5) is 8.55. The second-order valence-corrected chi connectivity index (χ2v) is 3.63. The van der Waals surface area contributed by atoms with Crippen molar-refractivity contribution in [2.75, 3.05) is 0 Å². The van der Waals surface area contributed by atoms with E-state index in [9.17, 15) is 0 Å². The van der Waals surface area contributed by atoms with E-state index in [4.69, 9.17) is 0 Å². The Morgan fingerprint density at radius 2 is 2.24 bits per heavy atom. The van der Waals surface area contributed by atoms with E-state index >= 15 is 0 Å².